The monoisotopic (exact) mass is 890 g/mol. The second-order valence-electron chi connectivity index (χ2n) is 17.8. The maximum Gasteiger partial charge on any atom is 0.225 e. The summed E-state index contributed by atoms with van der Waals surface area (Å²) in [4.78, 5) is 4.85. The van der Waals surface area contributed by atoms with E-state index in [1.54, 1.807) is 0 Å². The Balaban J connectivity index is 0.00000413. The van der Waals surface area contributed by atoms with Crippen molar-refractivity contribution in [2.24, 2.45) is 0 Å². The van der Waals surface area contributed by atoms with E-state index in [-0.39, 0.29) is 37.3 Å². The van der Waals surface area contributed by atoms with Gasteiger partial charge in [-0.2, -0.15) is 16.7 Å². The van der Waals surface area contributed by atoms with E-state index >= 15 is 0 Å². The Labute approximate surface area is 334 Å². The van der Waals surface area contributed by atoms with Crippen molar-refractivity contribution < 1.29 is 25.8 Å². The molecule has 6 heteroatoms. The van der Waals surface area contributed by atoms with E-state index in [0.29, 0.717) is 20.7 Å². The van der Waals surface area contributed by atoms with Gasteiger partial charge in [0.2, 0.25) is 11.4 Å². The van der Waals surface area contributed by atoms with Crippen LogP contribution in [0.15, 0.2) is 115 Å². The molecule has 0 bridgehead atoms. The summed E-state index contributed by atoms with van der Waals surface area (Å²) in [6.45, 7) is 22.8. The Kier molecular flexibility index (Phi) is 8.25. The fraction of sp³-hybridized carbons (Fsp3) is 0.250. The third-order valence-electron chi connectivity index (χ3n) is 11.2. The van der Waals surface area contributed by atoms with E-state index in [1.807, 2.05) is 18.3 Å². The smallest absolute Gasteiger partial charge is 0.225 e. The molecule has 0 aliphatic carbocycles. The molecule has 0 radical (unpaired) electrons. The van der Waals surface area contributed by atoms with Gasteiger partial charge in [-0.3, -0.25) is 0 Å². The molecule has 2 atom stereocenters. The quantitative estimate of drug-likeness (QED) is 0.0978. The van der Waals surface area contributed by atoms with Gasteiger partial charge in [-0.1, -0.05) is 110 Å². The number of hydrogen-bond donors (Lipinski definition) is 0. The Bertz CT molecular complexity index is 2600. The van der Waals surface area contributed by atoms with E-state index in [0.717, 1.165) is 33.3 Å². The molecule has 9 rings (SSSR count). The van der Waals surface area contributed by atoms with E-state index in [2.05, 4.69) is 183 Å². The molecule has 0 N–H and O–H groups in total. The first-order chi connectivity index (χ1) is 25.1. The van der Waals surface area contributed by atoms with Gasteiger partial charge >= 0.3 is 0 Å². The van der Waals surface area contributed by atoms with Gasteiger partial charge < -0.3 is 9.30 Å². The van der Waals surface area contributed by atoms with Crippen LogP contribution in [-0.4, -0.2) is 9.55 Å². The van der Waals surface area contributed by atoms with Gasteiger partial charge in [0.15, 0.2) is 12.4 Å². The number of rotatable bonds is 5. The van der Waals surface area contributed by atoms with Crippen molar-refractivity contribution in [1.29, 1.82) is 0 Å². The number of fused-ring (bicyclic) bond motifs is 7. The summed E-state index contributed by atoms with van der Waals surface area (Å²) in [5.74, 6) is 2.16. The minimum Gasteiger partial charge on any atom is -0.509 e. The first-order valence-corrected chi connectivity index (χ1v) is 18.7. The van der Waals surface area contributed by atoms with Crippen LogP contribution in [0.5, 0.6) is 11.5 Å². The number of benzene rings is 5. The van der Waals surface area contributed by atoms with E-state index in [1.165, 1.54) is 33.8 Å². The molecule has 276 valence electrons. The number of ether oxygens (including phenoxy) is 1. The van der Waals surface area contributed by atoms with Crippen LogP contribution in [0.25, 0.3) is 27.6 Å². The molecule has 1 fully saturated rings. The van der Waals surface area contributed by atoms with Crippen LogP contribution in [0.1, 0.15) is 79.0 Å². The van der Waals surface area contributed by atoms with Crippen LogP contribution in [-0.2, 0) is 37.3 Å². The molecular formula is C48H47N4OPt-. The molecule has 1 unspecified atom stereocenters. The van der Waals surface area contributed by atoms with Crippen LogP contribution in [0.2, 0.25) is 0 Å². The Morgan fingerprint density at radius 1 is 0.593 bits per heavy atom. The fourth-order valence-corrected chi connectivity index (χ4v) is 8.12. The predicted octanol–water partition coefficient (Wildman–Crippen LogP) is 12.8. The van der Waals surface area contributed by atoms with Crippen LogP contribution >= 0.6 is 0 Å². The summed E-state index contributed by atoms with van der Waals surface area (Å²) in [5.41, 5.74) is 10.8. The molecule has 4 heterocycles. The van der Waals surface area contributed by atoms with Gasteiger partial charge in [0.25, 0.3) is 0 Å². The summed E-state index contributed by atoms with van der Waals surface area (Å²) in [6, 6.07) is 46.7. The van der Waals surface area contributed by atoms with E-state index < -0.39 is 0 Å². The van der Waals surface area contributed by atoms with Crippen LogP contribution < -0.4 is 13.9 Å². The van der Waals surface area contributed by atoms with Crippen molar-refractivity contribution in [1.82, 2.24) is 18.7 Å². The van der Waals surface area contributed by atoms with Crippen molar-refractivity contribution >= 4 is 44.6 Å². The molecule has 5 nitrogen and oxygen atoms in total. The second-order valence-corrected chi connectivity index (χ2v) is 17.8. The van der Waals surface area contributed by atoms with E-state index in [4.69, 9.17) is 9.72 Å². The third-order valence-corrected chi connectivity index (χ3v) is 11.2. The first-order valence-electron chi connectivity index (χ1n) is 18.7. The predicted molar refractivity (Wildman–Crippen MR) is 219 cm³/mol. The topological polar surface area (TPSA) is 27.1 Å². The number of para-hydroxylation sites is 1. The molecule has 0 amide bonds. The number of quaternary nitrogens is 2. The summed E-state index contributed by atoms with van der Waals surface area (Å²) in [6.07, 6.45) is 1.91. The average molecular weight is 891 g/mol. The minimum absolute atomic E-state index is 0. The summed E-state index contributed by atoms with van der Waals surface area (Å²) in [7, 11) is 0. The number of aromatic nitrogens is 2. The molecule has 1 saturated heterocycles. The zero-order valence-corrected chi connectivity index (χ0v) is 34.8. The van der Waals surface area contributed by atoms with Crippen molar-refractivity contribution in [3.63, 3.8) is 0 Å². The molecule has 54 heavy (non-hydrogen) atoms. The van der Waals surface area contributed by atoms with Gasteiger partial charge in [0, 0.05) is 68.5 Å². The fourth-order valence-electron chi connectivity index (χ4n) is 8.12. The van der Waals surface area contributed by atoms with Gasteiger partial charge in [0.1, 0.15) is 5.82 Å². The van der Waals surface area contributed by atoms with Gasteiger partial charge in [-0.15, -0.1) is 29.7 Å². The van der Waals surface area contributed by atoms with Crippen LogP contribution in [0.3, 0.4) is 0 Å². The molecule has 2 aliphatic rings. The summed E-state index contributed by atoms with van der Waals surface area (Å²) in [5, 5.41) is 2.27. The largest absolute Gasteiger partial charge is 0.509 e. The number of nitrogens with zero attached hydrogens (tertiary/aromatic N) is 4. The van der Waals surface area contributed by atoms with Gasteiger partial charge in [-0.05, 0) is 56.5 Å². The maximum atomic E-state index is 6.67. The molecule has 0 spiro atoms. The second kappa shape index (κ2) is 12.2. The molecule has 7 aromatic rings. The molecule has 5 aromatic carbocycles. The summed E-state index contributed by atoms with van der Waals surface area (Å²) >= 11 is 0. The third kappa shape index (κ3) is 5.42. The standard InChI is InChI=1S/C48H47N4O.Pt/c1-46(2,3)32-14-12-15-35(26-32)51-31-52(51,44-27-33(47(4,5)6)20-23-43(44)51)36-16-13-17-37(29-36)53-38-21-22-40-39-18-10-11-19-41(39)50(42(40)30-38)45-28-34(24-25-49-45)48(7,8)9;/h10-28,31H,1-9H3;/q-1;/t51-,52?;/m0./s1. The number of pyridine rings is 1. The van der Waals surface area contributed by atoms with Crippen LogP contribution in [0, 0.1) is 18.8 Å². The average Bonchev–Trinajstić information content (AvgIpc) is 3.61. The summed E-state index contributed by atoms with van der Waals surface area (Å²) < 4.78 is 10.1. The van der Waals surface area contributed by atoms with Gasteiger partial charge in [-0.25, -0.2) is 9.58 Å². The van der Waals surface area contributed by atoms with Crippen molar-refractivity contribution in [3.8, 4) is 17.3 Å². The molecule has 0 saturated carbocycles. The molecule has 2 aromatic heterocycles. The maximum absolute atomic E-state index is 6.67. The van der Waals surface area contributed by atoms with Crippen LogP contribution in [0.4, 0.5) is 22.7 Å². The zero-order chi connectivity index (χ0) is 37.1. The van der Waals surface area contributed by atoms with E-state index in [9.17, 15) is 0 Å². The Hall–Kier alpha value is -4.54. The number of hydrogen-bond acceptors (Lipinski definition) is 2. The van der Waals surface area contributed by atoms with Gasteiger partial charge in [0.05, 0.1) is 5.69 Å². The van der Waals surface area contributed by atoms with Crippen molar-refractivity contribution in [3.05, 3.63) is 151 Å². The van der Waals surface area contributed by atoms with Crippen molar-refractivity contribution in [2.45, 2.75) is 78.6 Å². The Morgan fingerprint density at radius 2 is 1.28 bits per heavy atom. The SMILES string of the molecule is CC(C)(C)c1cccc([N@+]23[CH-][N+]2(c2[c-]c(Oc4[c-]c5c(cc4)c4ccccc4n5-c4cc(C(C)(C)C)ccn4)ccc2)c2cc(C(C)(C)C)ccc23)c1.[Pt]. The van der Waals surface area contributed by atoms with Crippen molar-refractivity contribution in [2.75, 3.05) is 0 Å². The molecule has 2 aliphatic heterocycles. The molecular weight excluding hydrogens is 844 g/mol. The zero-order valence-electron chi connectivity index (χ0n) is 32.6. The minimum atomic E-state index is -0.00670. The normalized spacial score (nSPS) is 19.1. The first kappa shape index (κ1) is 36.4. The Morgan fingerprint density at radius 3 is 2.04 bits per heavy atom.